The third kappa shape index (κ3) is 4.31. The Morgan fingerprint density at radius 3 is 2.94 bits per heavy atom. The minimum Gasteiger partial charge on any atom is -0.379 e. The number of rotatable bonds is 7. The standard InChI is InChI=1S/C12H20ClN3O2/c1-4-16-11(10(13)8-15-16)12(17)14-6-5-7-18-9(2)3/h8-9H,4-7H2,1-3H3,(H,14,17). The summed E-state index contributed by atoms with van der Waals surface area (Å²) in [6, 6.07) is 0. The lowest BCUT2D eigenvalue weighted by atomic mass is 10.3. The van der Waals surface area contributed by atoms with Gasteiger partial charge in [-0.05, 0) is 27.2 Å². The number of hydrogen-bond acceptors (Lipinski definition) is 3. The normalized spacial score (nSPS) is 10.9. The van der Waals surface area contributed by atoms with Crippen molar-refractivity contribution in [3.05, 3.63) is 16.9 Å². The maximum Gasteiger partial charge on any atom is 0.271 e. The average Bonchev–Trinajstić information content (AvgIpc) is 2.69. The Morgan fingerprint density at radius 1 is 1.61 bits per heavy atom. The fourth-order valence-electron chi connectivity index (χ4n) is 1.50. The van der Waals surface area contributed by atoms with Crippen LogP contribution in [0.5, 0.6) is 0 Å². The molecule has 102 valence electrons. The van der Waals surface area contributed by atoms with Gasteiger partial charge in [0.15, 0.2) is 0 Å². The van der Waals surface area contributed by atoms with Crippen molar-refractivity contribution in [1.82, 2.24) is 15.1 Å². The smallest absolute Gasteiger partial charge is 0.271 e. The zero-order chi connectivity index (χ0) is 13.5. The number of nitrogens with zero attached hydrogens (tertiary/aromatic N) is 2. The third-order valence-corrected chi connectivity index (χ3v) is 2.64. The van der Waals surface area contributed by atoms with Gasteiger partial charge in [-0.15, -0.1) is 0 Å². The summed E-state index contributed by atoms with van der Waals surface area (Å²) in [5, 5.41) is 7.21. The fourth-order valence-corrected chi connectivity index (χ4v) is 1.73. The zero-order valence-corrected chi connectivity index (χ0v) is 11.8. The van der Waals surface area contributed by atoms with Crippen molar-refractivity contribution in [3.63, 3.8) is 0 Å². The second-order valence-corrected chi connectivity index (χ2v) is 4.59. The van der Waals surface area contributed by atoms with Gasteiger partial charge < -0.3 is 10.1 Å². The molecule has 1 amide bonds. The predicted molar refractivity (Wildman–Crippen MR) is 70.9 cm³/mol. The third-order valence-electron chi connectivity index (χ3n) is 2.37. The SMILES string of the molecule is CCn1ncc(Cl)c1C(=O)NCCCOC(C)C. The Labute approximate surface area is 112 Å². The second-order valence-electron chi connectivity index (χ2n) is 4.19. The van der Waals surface area contributed by atoms with E-state index in [1.807, 2.05) is 20.8 Å². The van der Waals surface area contributed by atoms with E-state index in [0.29, 0.717) is 30.4 Å². The van der Waals surface area contributed by atoms with E-state index < -0.39 is 0 Å². The van der Waals surface area contributed by atoms with Gasteiger partial charge in [0.05, 0.1) is 17.3 Å². The highest BCUT2D eigenvalue weighted by Gasteiger charge is 2.15. The van der Waals surface area contributed by atoms with Crippen LogP contribution in [0, 0.1) is 0 Å². The summed E-state index contributed by atoms with van der Waals surface area (Å²) in [5.74, 6) is -0.191. The fraction of sp³-hybridized carbons (Fsp3) is 0.667. The molecule has 0 unspecified atom stereocenters. The molecule has 18 heavy (non-hydrogen) atoms. The Balaban J connectivity index is 2.38. The molecule has 1 rings (SSSR count). The Kier molecular flexibility index (Phi) is 6.15. The molecule has 0 spiro atoms. The van der Waals surface area contributed by atoms with Crippen LogP contribution in [0.4, 0.5) is 0 Å². The van der Waals surface area contributed by atoms with Gasteiger partial charge in [0.2, 0.25) is 0 Å². The van der Waals surface area contributed by atoms with Crippen molar-refractivity contribution < 1.29 is 9.53 Å². The summed E-state index contributed by atoms with van der Waals surface area (Å²) in [7, 11) is 0. The lowest BCUT2D eigenvalue weighted by Crippen LogP contribution is -2.28. The number of carbonyl (C=O) groups excluding carboxylic acids is 1. The van der Waals surface area contributed by atoms with E-state index in [1.165, 1.54) is 6.20 Å². The first-order valence-electron chi connectivity index (χ1n) is 6.17. The summed E-state index contributed by atoms with van der Waals surface area (Å²) < 4.78 is 6.97. The largest absolute Gasteiger partial charge is 0.379 e. The van der Waals surface area contributed by atoms with E-state index in [9.17, 15) is 4.79 Å². The van der Waals surface area contributed by atoms with Crippen LogP contribution in [0.3, 0.4) is 0 Å². The van der Waals surface area contributed by atoms with Crippen molar-refractivity contribution in [3.8, 4) is 0 Å². The summed E-state index contributed by atoms with van der Waals surface area (Å²) in [6.45, 7) is 7.70. The van der Waals surface area contributed by atoms with Crippen LogP contribution in [0.15, 0.2) is 6.20 Å². The molecule has 0 saturated heterocycles. The van der Waals surface area contributed by atoms with E-state index in [4.69, 9.17) is 16.3 Å². The number of hydrogen-bond donors (Lipinski definition) is 1. The summed E-state index contributed by atoms with van der Waals surface area (Å²) in [6.07, 6.45) is 2.49. The van der Waals surface area contributed by atoms with Crippen molar-refractivity contribution in [1.29, 1.82) is 0 Å². The van der Waals surface area contributed by atoms with Crippen LogP contribution in [0.2, 0.25) is 5.02 Å². The van der Waals surface area contributed by atoms with E-state index >= 15 is 0 Å². The van der Waals surface area contributed by atoms with Gasteiger partial charge in [-0.25, -0.2) is 0 Å². The average molecular weight is 274 g/mol. The maximum atomic E-state index is 11.9. The molecule has 6 heteroatoms. The first-order valence-corrected chi connectivity index (χ1v) is 6.55. The van der Waals surface area contributed by atoms with Gasteiger partial charge in [-0.1, -0.05) is 11.6 Å². The van der Waals surface area contributed by atoms with E-state index in [2.05, 4.69) is 10.4 Å². The first-order chi connectivity index (χ1) is 8.56. The molecule has 0 radical (unpaired) electrons. The zero-order valence-electron chi connectivity index (χ0n) is 11.1. The number of aromatic nitrogens is 2. The molecule has 0 aromatic carbocycles. The molecule has 0 aliphatic rings. The first kappa shape index (κ1) is 15.0. The molecule has 0 saturated carbocycles. The number of carbonyl (C=O) groups is 1. The lowest BCUT2D eigenvalue weighted by Gasteiger charge is -2.09. The molecular formula is C12H20ClN3O2. The van der Waals surface area contributed by atoms with Crippen molar-refractivity contribution >= 4 is 17.5 Å². The number of halogens is 1. The highest BCUT2D eigenvalue weighted by Crippen LogP contribution is 2.14. The van der Waals surface area contributed by atoms with Crippen molar-refractivity contribution in [2.45, 2.75) is 39.8 Å². The van der Waals surface area contributed by atoms with Gasteiger partial charge in [-0.3, -0.25) is 9.48 Å². The summed E-state index contributed by atoms with van der Waals surface area (Å²) in [5.41, 5.74) is 0.420. The minimum absolute atomic E-state index is 0.191. The quantitative estimate of drug-likeness (QED) is 0.774. The number of amides is 1. The second kappa shape index (κ2) is 7.38. The highest BCUT2D eigenvalue weighted by atomic mass is 35.5. The van der Waals surface area contributed by atoms with E-state index in [0.717, 1.165) is 6.42 Å². The molecule has 5 nitrogen and oxygen atoms in total. The molecule has 1 aromatic heterocycles. The van der Waals surface area contributed by atoms with E-state index in [1.54, 1.807) is 4.68 Å². The summed E-state index contributed by atoms with van der Waals surface area (Å²) >= 11 is 5.93. The van der Waals surface area contributed by atoms with Crippen LogP contribution in [-0.4, -0.2) is 34.9 Å². The molecule has 1 heterocycles. The monoisotopic (exact) mass is 273 g/mol. The topological polar surface area (TPSA) is 56.2 Å². The number of ether oxygens (including phenoxy) is 1. The van der Waals surface area contributed by atoms with Crippen LogP contribution < -0.4 is 5.32 Å². The lowest BCUT2D eigenvalue weighted by molar-refractivity contribution is 0.0756. The van der Waals surface area contributed by atoms with Crippen molar-refractivity contribution in [2.75, 3.05) is 13.2 Å². The molecule has 1 N–H and O–H groups in total. The van der Waals surface area contributed by atoms with Gasteiger partial charge in [0.25, 0.3) is 5.91 Å². The Bertz CT molecular complexity index is 391. The van der Waals surface area contributed by atoms with Crippen LogP contribution in [-0.2, 0) is 11.3 Å². The Morgan fingerprint density at radius 2 is 2.33 bits per heavy atom. The van der Waals surface area contributed by atoms with Gasteiger partial charge >= 0.3 is 0 Å². The van der Waals surface area contributed by atoms with Gasteiger partial charge in [0.1, 0.15) is 5.69 Å². The molecule has 0 atom stereocenters. The van der Waals surface area contributed by atoms with Gasteiger partial charge in [-0.2, -0.15) is 5.10 Å². The number of aryl methyl sites for hydroxylation is 1. The van der Waals surface area contributed by atoms with E-state index in [-0.39, 0.29) is 12.0 Å². The molecular weight excluding hydrogens is 254 g/mol. The molecule has 0 bridgehead atoms. The van der Waals surface area contributed by atoms with Gasteiger partial charge in [0, 0.05) is 19.7 Å². The molecule has 0 aliphatic heterocycles. The molecule has 0 aliphatic carbocycles. The summed E-state index contributed by atoms with van der Waals surface area (Å²) in [4.78, 5) is 11.9. The molecule has 0 fully saturated rings. The predicted octanol–water partition coefficient (Wildman–Crippen LogP) is 2.10. The minimum atomic E-state index is -0.191. The van der Waals surface area contributed by atoms with Crippen LogP contribution in [0.25, 0.3) is 0 Å². The highest BCUT2D eigenvalue weighted by molar-refractivity contribution is 6.33. The van der Waals surface area contributed by atoms with Crippen LogP contribution >= 0.6 is 11.6 Å². The Hall–Kier alpha value is -1.07. The van der Waals surface area contributed by atoms with Crippen molar-refractivity contribution in [2.24, 2.45) is 0 Å². The molecule has 1 aromatic rings. The maximum absolute atomic E-state index is 11.9. The number of nitrogens with one attached hydrogen (secondary N) is 1. The van der Waals surface area contributed by atoms with Crippen LogP contribution in [0.1, 0.15) is 37.7 Å².